The quantitative estimate of drug-likeness (QED) is 0.737. The van der Waals surface area contributed by atoms with E-state index in [2.05, 4.69) is 24.9 Å². The number of rotatable bonds is 2. The molecule has 0 aliphatic carbocycles. The third-order valence-corrected chi connectivity index (χ3v) is 4.31. The average molecular weight is 242 g/mol. The molecule has 16 heavy (non-hydrogen) atoms. The zero-order valence-electron chi connectivity index (χ0n) is 10.0. The minimum absolute atomic E-state index is 0.314. The van der Waals surface area contributed by atoms with Crippen molar-refractivity contribution in [3.8, 4) is 0 Å². The summed E-state index contributed by atoms with van der Waals surface area (Å²) in [7, 11) is -2.13. The van der Waals surface area contributed by atoms with E-state index >= 15 is 0 Å². The summed E-state index contributed by atoms with van der Waals surface area (Å²) in [6, 6.07) is 0. The summed E-state index contributed by atoms with van der Waals surface area (Å²) < 4.78 is 19.2. The van der Waals surface area contributed by atoms with Gasteiger partial charge in [-0.1, -0.05) is 19.0 Å². The maximum Gasteiger partial charge on any atom is 0.144 e. The first kappa shape index (κ1) is 11.7. The van der Waals surface area contributed by atoms with Gasteiger partial charge in [0.05, 0.1) is 5.69 Å². The lowest BCUT2D eigenvalue weighted by Crippen LogP contribution is -2.35. The van der Waals surface area contributed by atoms with Crippen molar-refractivity contribution in [2.75, 3.05) is 12.8 Å². The molecule has 0 radical (unpaired) electrons. The SMILES string of the molecule is C=S(C)(=O)N1CCc2noc(C(C)C)c2C1. The van der Waals surface area contributed by atoms with Crippen LogP contribution in [0.3, 0.4) is 0 Å². The van der Waals surface area contributed by atoms with Crippen LogP contribution in [-0.4, -0.2) is 32.3 Å². The van der Waals surface area contributed by atoms with Gasteiger partial charge in [-0.3, -0.25) is 4.21 Å². The maximum atomic E-state index is 11.9. The van der Waals surface area contributed by atoms with Crippen LogP contribution in [0, 0.1) is 0 Å². The molecule has 1 atom stereocenters. The molecule has 0 amide bonds. The van der Waals surface area contributed by atoms with Crippen molar-refractivity contribution in [2.24, 2.45) is 0 Å². The molecule has 5 heteroatoms. The summed E-state index contributed by atoms with van der Waals surface area (Å²) in [5.74, 6) is 4.96. The molecule has 0 saturated carbocycles. The van der Waals surface area contributed by atoms with Gasteiger partial charge in [0.25, 0.3) is 0 Å². The van der Waals surface area contributed by atoms with Crippen LogP contribution >= 0.6 is 0 Å². The molecule has 90 valence electrons. The Morgan fingerprint density at radius 1 is 1.56 bits per heavy atom. The Bertz CT molecular complexity index is 488. The van der Waals surface area contributed by atoms with Crippen molar-refractivity contribution in [1.82, 2.24) is 9.46 Å². The van der Waals surface area contributed by atoms with E-state index in [1.54, 1.807) is 6.26 Å². The predicted octanol–water partition coefficient (Wildman–Crippen LogP) is 1.42. The molecule has 2 heterocycles. The highest BCUT2D eigenvalue weighted by Gasteiger charge is 2.27. The number of hydrogen-bond acceptors (Lipinski definition) is 3. The van der Waals surface area contributed by atoms with E-state index < -0.39 is 9.71 Å². The molecule has 1 aromatic rings. The fourth-order valence-electron chi connectivity index (χ4n) is 1.99. The van der Waals surface area contributed by atoms with Crippen LogP contribution in [-0.2, 0) is 22.7 Å². The normalized spacial score (nSPS) is 20.8. The van der Waals surface area contributed by atoms with Crippen molar-refractivity contribution < 1.29 is 8.73 Å². The second-order valence-corrected chi connectivity index (χ2v) is 7.13. The van der Waals surface area contributed by atoms with Gasteiger partial charge in [0.1, 0.15) is 5.76 Å². The second-order valence-electron chi connectivity index (χ2n) is 4.70. The van der Waals surface area contributed by atoms with Gasteiger partial charge >= 0.3 is 0 Å². The Hall–Kier alpha value is -0.810. The third-order valence-electron chi connectivity index (χ3n) is 2.90. The molecule has 0 fully saturated rings. The lowest BCUT2D eigenvalue weighted by molar-refractivity contribution is 0.365. The maximum absolute atomic E-state index is 11.9. The molecule has 2 rings (SSSR count). The van der Waals surface area contributed by atoms with Crippen molar-refractivity contribution in [3.05, 3.63) is 17.0 Å². The molecule has 0 N–H and O–H groups in total. The Morgan fingerprint density at radius 2 is 2.25 bits per heavy atom. The van der Waals surface area contributed by atoms with Gasteiger partial charge in [-0.05, 0) is 5.87 Å². The summed E-state index contributed by atoms with van der Waals surface area (Å²) in [6.45, 7) is 5.54. The summed E-state index contributed by atoms with van der Waals surface area (Å²) in [4.78, 5) is 0. The molecule has 1 aliphatic rings. The molecule has 4 nitrogen and oxygen atoms in total. The third kappa shape index (κ3) is 2.01. The molecular weight excluding hydrogens is 224 g/mol. The van der Waals surface area contributed by atoms with E-state index in [4.69, 9.17) is 4.52 Å². The number of hydrogen-bond donors (Lipinski definition) is 0. The van der Waals surface area contributed by atoms with Crippen LogP contribution in [0.2, 0.25) is 0 Å². The fraction of sp³-hybridized carbons (Fsp3) is 0.636. The van der Waals surface area contributed by atoms with Crippen LogP contribution in [0.15, 0.2) is 4.52 Å². The standard InChI is InChI=1S/C11H18N2O2S/c1-8(2)11-9-7-13(16(3,4)14)6-5-10(9)12-15-11/h8H,3,5-7H2,1-2,4H3. The predicted molar refractivity (Wildman–Crippen MR) is 65.9 cm³/mol. The van der Waals surface area contributed by atoms with Gasteiger partial charge in [-0.2, -0.15) is 0 Å². The molecule has 0 spiro atoms. The molecule has 0 aromatic carbocycles. The molecule has 1 aromatic heterocycles. The van der Waals surface area contributed by atoms with Crippen LogP contribution in [0.1, 0.15) is 36.8 Å². The van der Waals surface area contributed by atoms with E-state index in [-0.39, 0.29) is 0 Å². The minimum Gasteiger partial charge on any atom is -0.361 e. The van der Waals surface area contributed by atoms with Gasteiger partial charge < -0.3 is 4.52 Å². The van der Waals surface area contributed by atoms with Crippen LogP contribution in [0.5, 0.6) is 0 Å². The van der Waals surface area contributed by atoms with E-state index in [0.717, 1.165) is 30.0 Å². The van der Waals surface area contributed by atoms with E-state index in [1.807, 2.05) is 4.31 Å². The first-order valence-corrected chi connectivity index (χ1v) is 7.53. The molecular formula is C11H18N2O2S. The number of nitrogens with zero attached hydrogens (tertiary/aromatic N) is 2. The van der Waals surface area contributed by atoms with E-state index in [0.29, 0.717) is 12.5 Å². The van der Waals surface area contributed by atoms with Gasteiger partial charge in [-0.25, -0.2) is 4.31 Å². The van der Waals surface area contributed by atoms with Gasteiger partial charge in [0.15, 0.2) is 0 Å². The van der Waals surface area contributed by atoms with Gasteiger partial charge in [0, 0.05) is 47.0 Å². The van der Waals surface area contributed by atoms with E-state index in [1.165, 1.54) is 0 Å². The second kappa shape index (κ2) is 3.89. The highest BCUT2D eigenvalue weighted by atomic mass is 32.2. The topological polar surface area (TPSA) is 46.3 Å². The lowest BCUT2D eigenvalue weighted by atomic mass is 10.0. The first-order chi connectivity index (χ1) is 7.39. The number of aromatic nitrogens is 1. The zero-order valence-corrected chi connectivity index (χ0v) is 10.8. The van der Waals surface area contributed by atoms with E-state index in [9.17, 15) is 4.21 Å². The monoisotopic (exact) mass is 242 g/mol. The molecule has 1 unspecified atom stereocenters. The minimum atomic E-state index is -2.13. The summed E-state index contributed by atoms with van der Waals surface area (Å²) in [5, 5.41) is 4.08. The Kier molecular flexibility index (Phi) is 2.84. The van der Waals surface area contributed by atoms with Crippen LogP contribution in [0.4, 0.5) is 0 Å². The van der Waals surface area contributed by atoms with Crippen molar-refractivity contribution in [3.63, 3.8) is 0 Å². The summed E-state index contributed by atoms with van der Waals surface area (Å²) in [5.41, 5.74) is 2.13. The Balaban J connectivity index is 2.35. The fourth-order valence-corrected chi connectivity index (χ4v) is 2.87. The molecule has 0 bridgehead atoms. The highest BCUT2D eigenvalue weighted by Crippen LogP contribution is 2.28. The zero-order chi connectivity index (χ0) is 11.9. The van der Waals surface area contributed by atoms with Crippen molar-refractivity contribution in [1.29, 1.82) is 0 Å². The summed E-state index contributed by atoms with van der Waals surface area (Å²) >= 11 is 0. The summed E-state index contributed by atoms with van der Waals surface area (Å²) in [6.07, 6.45) is 2.48. The Labute approximate surface area is 96.8 Å². The Morgan fingerprint density at radius 3 is 2.81 bits per heavy atom. The van der Waals surface area contributed by atoms with Crippen molar-refractivity contribution in [2.45, 2.75) is 32.7 Å². The van der Waals surface area contributed by atoms with Gasteiger partial charge in [-0.15, -0.1) is 0 Å². The largest absolute Gasteiger partial charge is 0.361 e. The smallest absolute Gasteiger partial charge is 0.144 e. The van der Waals surface area contributed by atoms with Crippen LogP contribution in [0.25, 0.3) is 0 Å². The van der Waals surface area contributed by atoms with Crippen molar-refractivity contribution >= 4 is 15.6 Å². The lowest BCUT2D eigenvalue weighted by Gasteiger charge is -2.27. The van der Waals surface area contributed by atoms with Gasteiger partial charge in [0.2, 0.25) is 0 Å². The van der Waals surface area contributed by atoms with Crippen LogP contribution < -0.4 is 0 Å². The average Bonchev–Trinajstić information content (AvgIpc) is 2.58. The molecule has 1 aliphatic heterocycles. The first-order valence-electron chi connectivity index (χ1n) is 5.44. The molecule has 0 saturated heterocycles. The number of fused-ring (bicyclic) bond motifs is 1. The highest BCUT2D eigenvalue weighted by molar-refractivity contribution is 7.97.